The van der Waals surface area contributed by atoms with E-state index in [1.54, 1.807) is 25.4 Å². The molecule has 0 aliphatic carbocycles. The quantitative estimate of drug-likeness (QED) is 0.392. The Hall–Kier alpha value is -3.14. The van der Waals surface area contributed by atoms with Gasteiger partial charge in [-0.1, -0.05) is 23.8 Å². The molecule has 2 aromatic heterocycles. The Bertz CT molecular complexity index is 1290. The first-order valence-corrected chi connectivity index (χ1v) is 12.5. The third-order valence-corrected chi connectivity index (χ3v) is 6.94. The van der Waals surface area contributed by atoms with E-state index < -0.39 is 17.6 Å². The number of carboxylic acids is 1. The summed E-state index contributed by atoms with van der Waals surface area (Å²) in [6.45, 7) is 0.957. The number of benzene rings is 1. The third-order valence-electron chi connectivity index (χ3n) is 6.61. The summed E-state index contributed by atoms with van der Waals surface area (Å²) in [5.74, 6) is -1.38. The van der Waals surface area contributed by atoms with Crippen LogP contribution in [0.1, 0.15) is 30.4 Å². The van der Waals surface area contributed by atoms with E-state index in [1.165, 1.54) is 6.08 Å². The monoisotopic (exact) mass is 530 g/mol. The smallest absolute Gasteiger partial charge is 0.317 e. The van der Waals surface area contributed by atoms with Crippen LogP contribution < -0.4 is 10.1 Å². The number of likely N-dealkylation sites (tertiary alicyclic amines) is 1. The predicted octanol–water partition coefficient (Wildman–Crippen LogP) is 4.72. The summed E-state index contributed by atoms with van der Waals surface area (Å²) in [5, 5.41) is 13.4. The highest BCUT2D eigenvalue weighted by atomic mass is 35.5. The average Bonchev–Trinajstić information content (AvgIpc) is 2.88. The fourth-order valence-electron chi connectivity index (χ4n) is 4.76. The standard InChI is InChI=1S/C27H29ClF2N4O3/c1-37-25-11-10-24-27(33-25)21(22(28)14-32-24)8-7-20-6-5-19(15-34(20)16-26(35)36)31-12-2-3-17-13-18(29)4-9-23(17)30/h2-4,9-11,13-14,19-20,31H,5-8,12,15-16H2,1H3,(H,35,36)/t19-,20+/m1/s1. The number of carbonyl (C=O) groups is 1. The number of nitrogens with zero attached hydrogens (tertiary/aromatic N) is 3. The number of methoxy groups -OCH3 is 1. The molecule has 1 aliphatic heterocycles. The molecule has 1 aromatic carbocycles. The molecule has 1 fully saturated rings. The molecule has 2 atom stereocenters. The van der Waals surface area contributed by atoms with Crippen molar-refractivity contribution in [2.24, 2.45) is 0 Å². The molecule has 0 radical (unpaired) electrons. The number of hydrogen-bond acceptors (Lipinski definition) is 6. The maximum absolute atomic E-state index is 13.8. The molecule has 0 saturated carbocycles. The van der Waals surface area contributed by atoms with E-state index >= 15 is 0 Å². The summed E-state index contributed by atoms with van der Waals surface area (Å²) < 4.78 is 32.4. The van der Waals surface area contributed by atoms with Gasteiger partial charge in [0, 0.05) is 48.6 Å². The van der Waals surface area contributed by atoms with E-state index in [2.05, 4.69) is 15.3 Å². The normalized spacial score (nSPS) is 18.5. The van der Waals surface area contributed by atoms with Gasteiger partial charge in [0.05, 0.1) is 29.7 Å². The number of aromatic nitrogens is 2. The zero-order chi connectivity index (χ0) is 26.4. The SMILES string of the molecule is COc1ccc2ncc(Cl)c(CC[C@@H]3CC[C@@H](NCC=Cc4cc(F)ccc4F)CN3CC(=O)O)c2n1. The number of pyridine rings is 2. The van der Waals surface area contributed by atoms with Crippen molar-refractivity contribution in [2.45, 2.75) is 37.8 Å². The van der Waals surface area contributed by atoms with Crippen molar-refractivity contribution in [3.63, 3.8) is 0 Å². The molecular formula is C27H29ClF2N4O3. The van der Waals surface area contributed by atoms with Crippen LogP contribution in [0.25, 0.3) is 17.1 Å². The van der Waals surface area contributed by atoms with Crippen LogP contribution >= 0.6 is 11.6 Å². The molecule has 0 unspecified atom stereocenters. The van der Waals surface area contributed by atoms with Gasteiger partial charge in [0.2, 0.25) is 5.88 Å². The lowest BCUT2D eigenvalue weighted by Crippen LogP contribution is -2.52. The van der Waals surface area contributed by atoms with Gasteiger partial charge < -0.3 is 15.2 Å². The Morgan fingerprint density at radius 3 is 2.92 bits per heavy atom. The zero-order valence-electron chi connectivity index (χ0n) is 20.5. The van der Waals surface area contributed by atoms with Crippen LogP contribution in [0, 0.1) is 11.6 Å². The van der Waals surface area contributed by atoms with E-state index in [0.29, 0.717) is 35.9 Å². The van der Waals surface area contributed by atoms with Crippen LogP contribution in [0.5, 0.6) is 5.88 Å². The molecule has 7 nitrogen and oxygen atoms in total. The third kappa shape index (κ3) is 7.00. The Kier molecular flexibility index (Phi) is 9.02. The summed E-state index contributed by atoms with van der Waals surface area (Å²) in [7, 11) is 1.55. The van der Waals surface area contributed by atoms with Crippen molar-refractivity contribution in [2.75, 3.05) is 26.7 Å². The summed E-state index contributed by atoms with van der Waals surface area (Å²) >= 11 is 6.48. The molecular weight excluding hydrogens is 502 g/mol. The summed E-state index contributed by atoms with van der Waals surface area (Å²) in [6, 6.07) is 7.06. The van der Waals surface area contributed by atoms with E-state index in [-0.39, 0.29) is 24.2 Å². The highest BCUT2D eigenvalue weighted by Gasteiger charge is 2.29. The summed E-state index contributed by atoms with van der Waals surface area (Å²) in [6.07, 6.45) is 7.91. The molecule has 2 N–H and O–H groups in total. The molecule has 0 amide bonds. The number of hydrogen-bond donors (Lipinski definition) is 2. The Labute approximate surface area is 219 Å². The van der Waals surface area contributed by atoms with Gasteiger partial charge in [0.1, 0.15) is 11.6 Å². The minimum absolute atomic E-state index is 0.0654. The Morgan fingerprint density at radius 2 is 2.14 bits per heavy atom. The minimum Gasteiger partial charge on any atom is -0.481 e. The molecule has 3 aromatic rings. The van der Waals surface area contributed by atoms with Gasteiger partial charge in [0.15, 0.2) is 0 Å². The molecule has 37 heavy (non-hydrogen) atoms. The lowest BCUT2D eigenvalue weighted by molar-refractivity contribution is -0.139. The van der Waals surface area contributed by atoms with Crippen molar-refractivity contribution in [3.05, 3.63) is 70.4 Å². The Morgan fingerprint density at radius 1 is 1.30 bits per heavy atom. The van der Waals surface area contributed by atoms with Gasteiger partial charge in [-0.05, 0) is 49.9 Å². The number of ether oxygens (including phenoxy) is 1. The van der Waals surface area contributed by atoms with E-state index in [1.807, 2.05) is 11.0 Å². The topological polar surface area (TPSA) is 87.6 Å². The van der Waals surface area contributed by atoms with Gasteiger partial charge >= 0.3 is 5.97 Å². The number of halogens is 3. The molecule has 196 valence electrons. The van der Waals surface area contributed by atoms with Crippen molar-refractivity contribution >= 4 is 34.7 Å². The van der Waals surface area contributed by atoms with E-state index in [0.717, 1.165) is 48.5 Å². The molecule has 4 rings (SSSR count). The Balaban J connectivity index is 1.38. The van der Waals surface area contributed by atoms with Crippen molar-refractivity contribution < 1.29 is 23.4 Å². The minimum atomic E-state index is -0.883. The van der Waals surface area contributed by atoms with Crippen molar-refractivity contribution in [3.8, 4) is 5.88 Å². The van der Waals surface area contributed by atoms with Crippen molar-refractivity contribution in [1.82, 2.24) is 20.2 Å². The first-order chi connectivity index (χ1) is 17.8. The lowest BCUT2D eigenvalue weighted by atomic mass is 9.93. The zero-order valence-corrected chi connectivity index (χ0v) is 21.2. The van der Waals surface area contributed by atoms with Crippen LogP contribution in [0.2, 0.25) is 5.02 Å². The van der Waals surface area contributed by atoms with Gasteiger partial charge in [-0.2, -0.15) is 0 Å². The van der Waals surface area contributed by atoms with Gasteiger partial charge in [0.25, 0.3) is 0 Å². The maximum atomic E-state index is 13.8. The number of carboxylic acid groups (broad SMARTS) is 1. The average molecular weight is 531 g/mol. The molecule has 0 spiro atoms. The second-order valence-electron chi connectivity index (χ2n) is 9.07. The van der Waals surface area contributed by atoms with Crippen LogP contribution in [0.4, 0.5) is 8.78 Å². The van der Waals surface area contributed by atoms with Gasteiger partial charge in [-0.25, -0.2) is 13.8 Å². The fourth-order valence-corrected chi connectivity index (χ4v) is 5.00. The molecule has 1 aliphatic rings. The van der Waals surface area contributed by atoms with Crippen LogP contribution in [0.3, 0.4) is 0 Å². The first kappa shape index (κ1) is 26.9. The number of rotatable bonds is 10. The fraction of sp³-hybridized carbons (Fsp3) is 0.370. The van der Waals surface area contributed by atoms with Crippen LogP contribution in [-0.4, -0.2) is 64.8 Å². The highest BCUT2D eigenvalue weighted by Crippen LogP contribution is 2.29. The number of fused-ring (bicyclic) bond motifs is 1. The molecule has 3 heterocycles. The molecule has 1 saturated heterocycles. The maximum Gasteiger partial charge on any atom is 0.317 e. The number of piperidine rings is 1. The second-order valence-corrected chi connectivity index (χ2v) is 9.48. The summed E-state index contributed by atoms with van der Waals surface area (Å²) in [4.78, 5) is 22.4. The number of aryl methyl sites for hydroxylation is 1. The van der Waals surface area contributed by atoms with Crippen molar-refractivity contribution in [1.29, 1.82) is 0 Å². The van der Waals surface area contributed by atoms with Crippen LogP contribution in [-0.2, 0) is 11.2 Å². The lowest BCUT2D eigenvalue weighted by Gasteiger charge is -2.39. The number of nitrogens with one attached hydrogen (secondary N) is 1. The molecule has 0 bridgehead atoms. The predicted molar refractivity (Wildman–Crippen MR) is 139 cm³/mol. The van der Waals surface area contributed by atoms with E-state index in [4.69, 9.17) is 16.3 Å². The second kappa shape index (κ2) is 12.4. The van der Waals surface area contributed by atoms with Gasteiger partial charge in [-0.3, -0.25) is 14.7 Å². The van der Waals surface area contributed by atoms with Crippen LogP contribution in [0.15, 0.2) is 42.6 Å². The molecule has 10 heteroatoms. The van der Waals surface area contributed by atoms with E-state index in [9.17, 15) is 18.7 Å². The largest absolute Gasteiger partial charge is 0.481 e. The van der Waals surface area contributed by atoms with Gasteiger partial charge in [-0.15, -0.1) is 0 Å². The first-order valence-electron chi connectivity index (χ1n) is 12.1. The highest BCUT2D eigenvalue weighted by molar-refractivity contribution is 6.32. The summed E-state index contributed by atoms with van der Waals surface area (Å²) in [5.41, 5.74) is 2.47. The number of aliphatic carboxylic acids is 1.